The van der Waals surface area contributed by atoms with Gasteiger partial charge in [-0.1, -0.05) is 40.2 Å². The first-order valence-electron chi connectivity index (χ1n) is 11.4. The zero-order chi connectivity index (χ0) is 24.6. The number of amides is 3. The lowest BCUT2D eigenvalue weighted by molar-refractivity contribution is -0.133. The van der Waals surface area contributed by atoms with Crippen molar-refractivity contribution in [2.75, 3.05) is 25.0 Å². The van der Waals surface area contributed by atoms with Crippen molar-refractivity contribution >= 4 is 44.9 Å². The number of nitrogens with one attached hydrogen (secondary N) is 1. The Hall–Kier alpha value is -2.75. The molecule has 0 aliphatic carbocycles. The number of benzene rings is 2. The number of carbonyl (C=O) groups excluding carboxylic acids is 2. The molecule has 1 atom stereocenters. The zero-order valence-electron chi connectivity index (χ0n) is 19.2. The molecule has 1 fully saturated rings. The first-order valence-corrected chi connectivity index (χ1v) is 13.1. The number of ether oxygens (including phenoxy) is 1. The summed E-state index contributed by atoms with van der Waals surface area (Å²) < 4.78 is 20.0. The Bertz CT molecular complexity index is 1120. The molecule has 6 nitrogen and oxygen atoms in total. The number of nitrogens with zero attached hydrogens (tertiary/aromatic N) is 2. The van der Waals surface area contributed by atoms with Crippen LogP contribution in [0.2, 0.25) is 0 Å². The summed E-state index contributed by atoms with van der Waals surface area (Å²) in [5, 5.41) is 4.86. The van der Waals surface area contributed by atoms with Crippen LogP contribution in [-0.4, -0.2) is 47.5 Å². The molecule has 1 saturated heterocycles. The van der Waals surface area contributed by atoms with Gasteiger partial charge in [0.05, 0.1) is 12.6 Å². The van der Waals surface area contributed by atoms with E-state index in [0.29, 0.717) is 31.9 Å². The van der Waals surface area contributed by atoms with Gasteiger partial charge in [-0.15, -0.1) is 11.3 Å². The molecule has 2 aromatic carbocycles. The van der Waals surface area contributed by atoms with E-state index in [1.54, 1.807) is 34.4 Å². The molecule has 35 heavy (non-hydrogen) atoms. The molecule has 1 aliphatic rings. The summed E-state index contributed by atoms with van der Waals surface area (Å²) in [7, 11) is 0. The van der Waals surface area contributed by atoms with Crippen molar-refractivity contribution in [3.8, 4) is 0 Å². The van der Waals surface area contributed by atoms with Crippen LogP contribution in [-0.2, 0) is 22.6 Å². The van der Waals surface area contributed by atoms with Gasteiger partial charge in [0.15, 0.2) is 0 Å². The van der Waals surface area contributed by atoms with Crippen molar-refractivity contribution in [2.45, 2.75) is 32.0 Å². The molecular formula is C26H27BrFN3O3S. The Labute approximate surface area is 216 Å². The number of urea groups is 1. The summed E-state index contributed by atoms with van der Waals surface area (Å²) in [4.78, 5) is 31.0. The van der Waals surface area contributed by atoms with Crippen LogP contribution in [0.15, 0.2) is 70.5 Å². The van der Waals surface area contributed by atoms with Crippen LogP contribution in [0.5, 0.6) is 0 Å². The summed E-state index contributed by atoms with van der Waals surface area (Å²) in [6.07, 6.45) is 1.69. The minimum Gasteiger partial charge on any atom is -0.376 e. The molecule has 1 aliphatic heterocycles. The number of carbonyl (C=O) groups is 2. The van der Waals surface area contributed by atoms with Crippen LogP contribution in [0.25, 0.3) is 0 Å². The lowest BCUT2D eigenvalue weighted by atomic mass is 10.2. The van der Waals surface area contributed by atoms with E-state index in [1.165, 1.54) is 17.0 Å². The van der Waals surface area contributed by atoms with E-state index < -0.39 is 0 Å². The quantitative estimate of drug-likeness (QED) is 0.355. The molecule has 184 valence electrons. The third-order valence-corrected chi connectivity index (χ3v) is 7.06. The molecule has 0 bridgehead atoms. The monoisotopic (exact) mass is 559 g/mol. The van der Waals surface area contributed by atoms with Crippen LogP contribution in [0.4, 0.5) is 14.9 Å². The van der Waals surface area contributed by atoms with E-state index in [1.807, 2.05) is 35.7 Å². The van der Waals surface area contributed by atoms with Crippen molar-refractivity contribution in [1.82, 2.24) is 9.80 Å². The van der Waals surface area contributed by atoms with Gasteiger partial charge in [-0.25, -0.2) is 9.18 Å². The number of thiophene rings is 1. The second kappa shape index (κ2) is 12.3. The SMILES string of the molecule is O=C(CN(CC1CCCO1)C(=O)Nc1cccc(Br)c1)N(Cc1ccc(F)cc1)Cc1cccs1. The molecule has 1 N–H and O–H groups in total. The average Bonchev–Trinajstić information content (AvgIpc) is 3.54. The molecule has 3 amide bonds. The molecule has 1 unspecified atom stereocenters. The standard InChI is InChI=1S/C26H27BrFN3O3S/c27-20-4-1-5-22(14-20)29-26(33)31(16-23-6-2-12-34-23)18-25(32)30(17-24-7-3-13-35-24)15-19-8-10-21(28)11-9-19/h1,3-5,7-11,13-14,23H,2,6,12,15-18H2,(H,29,33). The van der Waals surface area contributed by atoms with Crippen molar-refractivity contribution in [3.05, 3.63) is 86.8 Å². The first kappa shape index (κ1) is 25.3. The van der Waals surface area contributed by atoms with Crippen molar-refractivity contribution in [1.29, 1.82) is 0 Å². The Kier molecular flexibility index (Phi) is 8.90. The summed E-state index contributed by atoms with van der Waals surface area (Å²) in [5.41, 5.74) is 1.46. The van der Waals surface area contributed by atoms with Gasteiger partial charge >= 0.3 is 6.03 Å². The zero-order valence-corrected chi connectivity index (χ0v) is 21.6. The minimum atomic E-state index is -0.357. The lowest BCUT2D eigenvalue weighted by Gasteiger charge is -2.29. The van der Waals surface area contributed by atoms with Crippen LogP contribution in [0.3, 0.4) is 0 Å². The van der Waals surface area contributed by atoms with Gasteiger partial charge in [-0.3, -0.25) is 4.79 Å². The molecule has 0 radical (unpaired) electrons. The van der Waals surface area contributed by atoms with E-state index in [-0.39, 0.29) is 30.4 Å². The third-order valence-electron chi connectivity index (χ3n) is 5.70. The maximum Gasteiger partial charge on any atom is 0.322 e. The number of halogens is 2. The number of hydrogen-bond donors (Lipinski definition) is 1. The number of anilines is 1. The summed E-state index contributed by atoms with van der Waals surface area (Å²) in [6.45, 7) is 1.63. The highest BCUT2D eigenvalue weighted by Crippen LogP contribution is 2.19. The van der Waals surface area contributed by atoms with Crippen molar-refractivity contribution < 1.29 is 18.7 Å². The number of hydrogen-bond acceptors (Lipinski definition) is 4. The molecule has 4 rings (SSSR count). The molecule has 2 heterocycles. The Morgan fingerprint density at radius 3 is 2.60 bits per heavy atom. The normalized spacial score (nSPS) is 15.1. The molecule has 0 spiro atoms. The smallest absolute Gasteiger partial charge is 0.322 e. The Balaban J connectivity index is 1.50. The van der Waals surface area contributed by atoms with Gasteiger partial charge in [0.25, 0.3) is 0 Å². The van der Waals surface area contributed by atoms with Crippen molar-refractivity contribution in [2.24, 2.45) is 0 Å². The van der Waals surface area contributed by atoms with E-state index in [4.69, 9.17) is 4.74 Å². The van der Waals surface area contributed by atoms with Gasteiger partial charge in [0.2, 0.25) is 5.91 Å². The predicted octanol–water partition coefficient (Wildman–Crippen LogP) is 5.89. The van der Waals surface area contributed by atoms with Crippen LogP contribution in [0, 0.1) is 5.82 Å². The average molecular weight is 560 g/mol. The molecular weight excluding hydrogens is 533 g/mol. The Morgan fingerprint density at radius 1 is 1.09 bits per heavy atom. The van der Waals surface area contributed by atoms with Crippen LogP contribution < -0.4 is 5.32 Å². The summed E-state index contributed by atoms with van der Waals surface area (Å²) in [5.74, 6) is -0.512. The second-order valence-corrected chi connectivity index (χ2v) is 10.4. The largest absolute Gasteiger partial charge is 0.376 e. The maximum absolute atomic E-state index is 13.5. The van der Waals surface area contributed by atoms with Gasteiger partial charge in [0.1, 0.15) is 12.4 Å². The molecule has 1 aromatic heterocycles. The highest BCUT2D eigenvalue weighted by Gasteiger charge is 2.27. The van der Waals surface area contributed by atoms with E-state index in [9.17, 15) is 14.0 Å². The molecule has 3 aromatic rings. The summed E-state index contributed by atoms with van der Waals surface area (Å²) >= 11 is 4.98. The van der Waals surface area contributed by atoms with Gasteiger partial charge in [-0.2, -0.15) is 0 Å². The lowest BCUT2D eigenvalue weighted by Crippen LogP contribution is -2.46. The first-order chi connectivity index (χ1) is 17.0. The highest BCUT2D eigenvalue weighted by atomic mass is 79.9. The summed E-state index contributed by atoms with van der Waals surface area (Å²) in [6, 6.07) is 17.0. The van der Waals surface area contributed by atoms with Gasteiger partial charge in [-0.05, 0) is 60.2 Å². The van der Waals surface area contributed by atoms with E-state index in [2.05, 4.69) is 21.2 Å². The third kappa shape index (κ3) is 7.62. The van der Waals surface area contributed by atoms with Crippen molar-refractivity contribution in [3.63, 3.8) is 0 Å². The molecule has 0 saturated carbocycles. The fraction of sp³-hybridized carbons (Fsp3) is 0.308. The Morgan fingerprint density at radius 2 is 1.91 bits per heavy atom. The van der Waals surface area contributed by atoms with Crippen LogP contribution >= 0.6 is 27.3 Å². The van der Waals surface area contributed by atoms with Crippen LogP contribution in [0.1, 0.15) is 23.3 Å². The fourth-order valence-electron chi connectivity index (χ4n) is 3.92. The predicted molar refractivity (Wildman–Crippen MR) is 139 cm³/mol. The topological polar surface area (TPSA) is 61.9 Å². The highest BCUT2D eigenvalue weighted by molar-refractivity contribution is 9.10. The van der Waals surface area contributed by atoms with E-state index in [0.717, 1.165) is 27.8 Å². The number of rotatable bonds is 9. The van der Waals surface area contributed by atoms with E-state index >= 15 is 0 Å². The minimum absolute atomic E-state index is 0.0910. The molecule has 9 heteroatoms. The van der Waals surface area contributed by atoms with Gasteiger partial charge < -0.3 is 19.9 Å². The van der Waals surface area contributed by atoms with Gasteiger partial charge in [0, 0.05) is 34.7 Å². The fourth-order valence-corrected chi connectivity index (χ4v) is 5.04. The maximum atomic E-state index is 13.5. The second-order valence-electron chi connectivity index (χ2n) is 8.41.